The number of para-hydroxylation sites is 2. The van der Waals surface area contributed by atoms with E-state index in [9.17, 15) is 9.59 Å². The fourth-order valence-electron chi connectivity index (χ4n) is 2.61. The maximum atomic E-state index is 12.5. The van der Waals surface area contributed by atoms with Crippen molar-refractivity contribution in [2.24, 2.45) is 0 Å². The molecule has 0 radical (unpaired) electrons. The van der Waals surface area contributed by atoms with Crippen molar-refractivity contribution in [3.63, 3.8) is 0 Å². The highest BCUT2D eigenvalue weighted by Gasteiger charge is 2.15. The Kier molecular flexibility index (Phi) is 4.78. The molecule has 130 valence electrons. The summed E-state index contributed by atoms with van der Waals surface area (Å²) in [4.78, 5) is 27.6. The molecule has 0 aliphatic heterocycles. The van der Waals surface area contributed by atoms with Crippen LogP contribution < -0.4 is 5.32 Å². The minimum Gasteiger partial charge on any atom is -0.481 e. The normalized spacial score (nSPS) is 10.9. The fraction of sp³-hybridized carbons (Fsp3) is 0.294. The number of hydrogen-bond acceptors (Lipinski definition) is 4. The first-order valence-electron chi connectivity index (χ1n) is 8.09. The summed E-state index contributed by atoms with van der Waals surface area (Å²) >= 11 is 0. The van der Waals surface area contributed by atoms with Gasteiger partial charge in [-0.15, -0.1) is 0 Å². The van der Waals surface area contributed by atoms with Crippen molar-refractivity contribution in [2.45, 2.75) is 32.9 Å². The van der Waals surface area contributed by atoms with E-state index in [1.54, 1.807) is 0 Å². The van der Waals surface area contributed by atoms with E-state index in [4.69, 9.17) is 5.11 Å². The van der Waals surface area contributed by atoms with Gasteiger partial charge in [-0.1, -0.05) is 19.1 Å². The fourth-order valence-corrected chi connectivity index (χ4v) is 2.61. The Morgan fingerprint density at radius 3 is 2.80 bits per heavy atom. The van der Waals surface area contributed by atoms with Gasteiger partial charge < -0.3 is 9.67 Å². The van der Waals surface area contributed by atoms with E-state index < -0.39 is 5.97 Å². The molecule has 3 aromatic rings. The summed E-state index contributed by atoms with van der Waals surface area (Å²) in [6.45, 7) is 3.03. The molecule has 0 aliphatic carbocycles. The van der Waals surface area contributed by atoms with E-state index in [-0.39, 0.29) is 18.9 Å². The van der Waals surface area contributed by atoms with E-state index in [1.165, 1.54) is 17.1 Å². The molecule has 0 unspecified atom stereocenters. The van der Waals surface area contributed by atoms with Gasteiger partial charge in [-0.05, 0) is 18.6 Å². The Morgan fingerprint density at radius 2 is 2.04 bits per heavy atom. The summed E-state index contributed by atoms with van der Waals surface area (Å²) in [6.07, 6.45) is 3.82. The number of aliphatic carboxylic acids is 1. The lowest BCUT2D eigenvalue weighted by Gasteiger charge is -2.08. The molecule has 0 saturated heterocycles. The predicted octanol–water partition coefficient (Wildman–Crippen LogP) is 2.37. The van der Waals surface area contributed by atoms with E-state index in [0.29, 0.717) is 11.5 Å². The Hall–Kier alpha value is -3.16. The second-order valence-corrected chi connectivity index (χ2v) is 5.67. The molecule has 0 bridgehead atoms. The molecular formula is C17H19N5O3. The van der Waals surface area contributed by atoms with E-state index in [0.717, 1.165) is 24.0 Å². The van der Waals surface area contributed by atoms with Gasteiger partial charge in [0.15, 0.2) is 0 Å². The number of carboxylic acid groups (broad SMARTS) is 1. The van der Waals surface area contributed by atoms with Gasteiger partial charge >= 0.3 is 5.97 Å². The molecule has 2 heterocycles. The van der Waals surface area contributed by atoms with Gasteiger partial charge in [-0.3, -0.25) is 19.6 Å². The maximum Gasteiger partial charge on any atom is 0.305 e. The van der Waals surface area contributed by atoms with Crippen LogP contribution in [0.2, 0.25) is 0 Å². The van der Waals surface area contributed by atoms with Gasteiger partial charge in [-0.25, -0.2) is 4.98 Å². The number of aromatic nitrogens is 4. The Bertz CT molecular complexity index is 912. The van der Waals surface area contributed by atoms with Crippen LogP contribution in [0, 0.1) is 0 Å². The minimum absolute atomic E-state index is 0.0466. The molecule has 0 atom stereocenters. The van der Waals surface area contributed by atoms with Crippen LogP contribution in [0.15, 0.2) is 36.7 Å². The molecule has 0 aliphatic rings. The van der Waals surface area contributed by atoms with Crippen molar-refractivity contribution in [3.05, 3.63) is 42.2 Å². The lowest BCUT2D eigenvalue weighted by atomic mass is 10.3. The third-order valence-electron chi connectivity index (χ3n) is 3.78. The molecule has 8 nitrogen and oxygen atoms in total. The lowest BCUT2D eigenvalue weighted by Crippen LogP contribution is -2.15. The number of nitrogens with one attached hydrogen (secondary N) is 1. The highest BCUT2D eigenvalue weighted by Crippen LogP contribution is 2.20. The average Bonchev–Trinajstić information content (AvgIpc) is 3.19. The third-order valence-corrected chi connectivity index (χ3v) is 3.78. The van der Waals surface area contributed by atoms with Gasteiger partial charge in [0.1, 0.15) is 0 Å². The number of imidazole rings is 1. The minimum atomic E-state index is -0.908. The van der Waals surface area contributed by atoms with Crippen molar-refractivity contribution in [2.75, 3.05) is 5.32 Å². The van der Waals surface area contributed by atoms with Gasteiger partial charge in [0.25, 0.3) is 5.91 Å². The number of carboxylic acids is 1. The topological polar surface area (TPSA) is 102 Å². The molecule has 0 fully saturated rings. The number of benzene rings is 1. The first kappa shape index (κ1) is 16.7. The van der Waals surface area contributed by atoms with E-state index in [1.807, 2.05) is 28.8 Å². The Balaban J connectivity index is 1.80. The first-order valence-corrected chi connectivity index (χ1v) is 8.09. The van der Waals surface area contributed by atoms with Crippen molar-refractivity contribution in [1.82, 2.24) is 19.3 Å². The Morgan fingerprint density at radius 1 is 1.24 bits per heavy atom. The highest BCUT2D eigenvalue weighted by molar-refractivity contribution is 6.03. The van der Waals surface area contributed by atoms with Crippen LogP contribution in [0.4, 0.5) is 5.95 Å². The molecule has 1 amide bonds. The van der Waals surface area contributed by atoms with Crippen LogP contribution in [0.25, 0.3) is 11.0 Å². The molecule has 8 heteroatoms. The molecular weight excluding hydrogens is 322 g/mol. The van der Waals surface area contributed by atoms with E-state index >= 15 is 0 Å². The van der Waals surface area contributed by atoms with Crippen LogP contribution in [0.1, 0.15) is 30.1 Å². The number of hydrogen-bond donors (Lipinski definition) is 2. The second kappa shape index (κ2) is 7.16. The number of aryl methyl sites for hydroxylation is 2. The summed E-state index contributed by atoms with van der Waals surface area (Å²) < 4.78 is 3.42. The zero-order valence-electron chi connectivity index (χ0n) is 13.8. The largest absolute Gasteiger partial charge is 0.481 e. The summed E-state index contributed by atoms with van der Waals surface area (Å²) in [5.74, 6) is -0.740. The standard InChI is InChI=1S/C17H19N5O3/c1-2-8-22-14-6-4-3-5-13(14)19-17(22)20-16(25)12-10-18-21(11-12)9-7-15(23)24/h3-6,10-11H,2,7-9H2,1H3,(H,23,24)(H,19,20,25). The van der Waals surface area contributed by atoms with E-state index in [2.05, 4.69) is 22.3 Å². The molecule has 25 heavy (non-hydrogen) atoms. The van der Waals surface area contributed by atoms with Crippen molar-refractivity contribution in [1.29, 1.82) is 0 Å². The van der Waals surface area contributed by atoms with Crippen LogP contribution in [-0.2, 0) is 17.9 Å². The Labute approximate surface area is 144 Å². The van der Waals surface area contributed by atoms with Crippen molar-refractivity contribution in [3.8, 4) is 0 Å². The van der Waals surface area contributed by atoms with Crippen molar-refractivity contribution >= 4 is 28.9 Å². The molecule has 3 rings (SSSR count). The van der Waals surface area contributed by atoms with Crippen molar-refractivity contribution < 1.29 is 14.7 Å². The number of rotatable bonds is 7. The SMILES string of the molecule is CCCn1c(NC(=O)c2cnn(CCC(=O)O)c2)nc2ccccc21. The summed E-state index contributed by atoms with van der Waals surface area (Å²) in [5, 5.41) is 15.5. The summed E-state index contributed by atoms with van der Waals surface area (Å²) in [7, 11) is 0. The lowest BCUT2D eigenvalue weighted by molar-refractivity contribution is -0.137. The number of anilines is 1. The van der Waals surface area contributed by atoms with Crippen LogP contribution in [0.5, 0.6) is 0 Å². The first-order chi connectivity index (χ1) is 12.1. The molecule has 0 saturated carbocycles. The number of fused-ring (bicyclic) bond motifs is 1. The number of carbonyl (C=O) groups is 2. The van der Waals surface area contributed by atoms with Gasteiger partial charge in [-0.2, -0.15) is 5.10 Å². The molecule has 1 aromatic carbocycles. The van der Waals surface area contributed by atoms with Crippen LogP contribution in [-0.4, -0.2) is 36.3 Å². The van der Waals surface area contributed by atoms with Gasteiger partial charge in [0.05, 0.1) is 35.8 Å². The number of nitrogens with zero attached hydrogens (tertiary/aromatic N) is 4. The van der Waals surface area contributed by atoms with Crippen LogP contribution >= 0.6 is 0 Å². The number of carbonyl (C=O) groups excluding carboxylic acids is 1. The average molecular weight is 341 g/mol. The predicted molar refractivity (Wildman–Crippen MR) is 92.5 cm³/mol. The zero-order chi connectivity index (χ0) is 17.8. The molecule has 2 N–H and O–H groups in total. The number of amides is 1. The molecule has 0 spiro atoms. The summed E-state index contributed by atoms with van der Waals surface area (Å²) in [6, 6.07) is 7.72. The molecule has 2 aromatic heterocycles. The van der Waals surface area contributed by atoms with Gasteiger partial charge in [0, 0.05) is 12.7 Å². The maximum absolute atomic E-state index is 12.5. The smallest absolute Gasteiger partial charge is 0.305 e. The van der Waals surface area contributed by atoms with Crippen LogP contribution in [0.3, 0.4) is 0 Å². The quantitative estimate of drug-likeness (QED) is 0.687. The highest BCUT2D eigenvalue weighted by atomic mass is 16.4. The second-order valence-electron chi connectivity index (χ2n) is 5.67. The van der Waals surface area contributed by atoms with Gasteiger partial charge in [0.2, 0.25) is 5.95 Å². The zero-order valence-corrected chi connectivity index (χ0v) is 13.8. The summed E-state index contributed by atoms with van der Waals surface area (Å²) in [5.41, 5.74) is 2.15. The monoisotopic (exact) mass is 341 g/mol. The third kappa shape index (κ3) is 3.68.